The van der Waals surface area contributed by atoms with Gasteiger partial charge in [0.15, 0.2) is 0 Å². The van der Waals surface area contributed by atoms with Gasteiger partial charge in [0.1, 0.15) is 0 Å². The molecule has 3 nitrogen and oxygen atoms in total. The average molecular weight is 83.9 g/mol. The van der Waals surface area contributed by atoms with E-state index in [1.807, 2.05) is 0 Å². The Morgan fingerprint density at radius 1 is 2.00 bits per heavy atom. The van der Waals surface area contributed by atoms with Crippen molar-refractivity contribution < 1.29 is 9.94 Å². The number of hydrogen-bond donors (Lipinski definition) is 2. The molecule has 0 saturated carbocycles. The Balaban J connectivity index is 2.45. The summed E-state index contributed by atoms with van der Waals surface area (Å²) in [4.78, 5) is 4.26. The summed E-state index contributed by atoms with van der Waals surface area (Å²) in [5.74, 6) is 1.33. The molecule has 0 aliphatic carbocycles. The average Bonchev–Trinajstić information content (AvgIpc) is 1.86. The van der Waals surface area contributed by atoms with Crippen LogP contribution in [0, 0.1) is 0 Å². The van der Waals surface area contributed by atoms with Gasteiger partial charge >= 0.3 is 0 Å². The Labute approximate surface area is 35.8 Å². The van der Waals surface area contributed by atoms with Crippen LogP contribution in [0.25, 0.3) is 0 Å². The highest BCUT2D eigenvalue weighted by Crippen LogP contribution is 1.89. The second-order valence-electron chi connectivity index (χ2n) is 0.891. The lowest BCUT2D eigenvalue weighted by Crippen LogP contribution is -2.08. The molecule has 0 aromatic rings. The molecule has 0 fully saturated rings. The number of aliphatic hydroxyl groups excluding tert-OH is 1. The molecule has 1 heterocycles. The lowest BCUT2D eigenvalue weighted by Gasteiger charge is -1.89. The molecule has 1 aliphatic rings. The van der Waals surface area contributed by atoms with Gasteiger partial charge in [-0.15, -0.1) is 0 Å². The first-order valence-corrected chi connectivity index (χ1v) is 1.54. The van der Waals surface area contributed by atoms with Crippen LogP contribution in [0.3, 0.4) is 0 Å². The van der Waals surface area contributed by atoms with Crippen molar-refractivity contribution in [2.24, 2.45) is 0 Å². The van der Waals surface area contributed by atoms with Crippen LogP contribution in [0.15, 0.2) is 11.9 Å². The van der Waals surface area contributed by atoms with Crippen molar-refractivity contribution in [3.63, 3.8) is 0 Å². The Morgan fingerprint density at radius 3 is 3.00 bits per heavy atom. The summed E-state index contributed by atoms with van der Waals surface area (Å²) in [6.45, 7) is 0. The van der Waals surface area contributed by atoms with E-state index >= 15 is 0 Å². The van der Waals surface area contributed by atoms with E-state index in [1.54, 1.807) is 0 Å². The summed E-state index contributed by atoms with van der Waals surface area (Å²) in [5.41, 5.74) is 0. The van der Waals surface area contributed by atoms with Crippen LogP contribution in [0.4, 0.5) is 0 Å². The molecule has 0 aromatic carbocycles. The number of rotatable bonds is 0. The largest absolute Gasteiger partial charge is 0.481 e. The first-order valence-electron chi connectivity index (χ1n) is 1.54. The van der Waals surface area contributed by atoms with Crippen LogP contribution in [0.2, 0.25) is 0 Å². The molecule has 1 rings (SSSR count). The van der Waals surface area contributed by atoms with E-state index in [2.05, 4.69) is 10.2 Å². The molecule has 4 heteroatoms. The smallest absolute Gasteiger partial charge is 0.294 e. The van der Waals surface area contributed by atoms with Gasteiger partial charge in [-0.25, -0.2) is 0 Å². The first kappa shape index (κ1) is 3.55. The Hall–Kier alpha value is -0.635. The second-order valence-corrected chi connectivity index (χ2v) is 0.891. The van der Waals surface area contributed by atoms with Crippen LogP contribution in [0.1, 0.15) is 0 Å². The number of nitrogens with one attached hydrogen (secondary N) is 1. The third kappa shape index (κ3) is 0.465. The van der Waals surface area contributed by atoms with Crippen molar-refractivity contribution in [2.45, 2.75) is 0 Å². The van der Waals surface area contributed by atoms with Crippen molar-refractivity contribution >= 4 is 7.41 Å². The Morgan fingerprint density at radius 2 is 2.83 bits per heavy atom. The predicted molar refractivity (Wildman–Crippen MR) is 20.7 cm³/mol. The van der Waals surface area contributed by atoms with Gasteiger partial charge in [-0.3, -0.25) is 0 Å². The lowest BCUT2D eigenvalue weighted by molar-refractivity contribution is 0.0728. The minimum Gasteiger partial charge on any atom is -0.481 e. The predicted octanol–water partition coefficient (Wildman–Crippen LogP) is -0.503. The summed E-state index contributed by atoms with van der Waals surface area (Å²) in [7, 11) is 1.50. The molecule has 0 spiro atoms. The molecule has 0 aromatic heterocycles. The zero-order valence-electron chi connectivity index (χ0n) is 3.01. The van der Waals surface area contributed by atoms with E-state index in [-0.39, 0.29) is 5.95 Å². The molecule has 0 amide bonds. The van der Waals surface area contributed by atoms with Crippen molar-refractivity contribution in [3.8, 4) is 0 Å². The molecule has 0 saturated heterocycles. The van der Waals surface area contributed by atoms with Crippen LogP contribution in [-0.4, -0.2) is 12.5 Å². The maximum Gasteiger partial charge on any atom is 0.294 e. The highest BCUT2D eigenvalue weighted by Gasteiger charge is 2.00. The SMILES string of the molecule is OC1=C[B]NO1. The van der Waals surface area contributed by atoms with Gasteiger partial charge in [0.2, 0.25) is 0 Å². The van der Waals surface area contributed by atoms with Crippen LogP contribution in [-0.2, 0) is 4.84 Å². The molecule has 31 valence electrons. The fraction of sp³-hybridized carbons (Fsp3) is 0. The molecule has 6 heavy (non-hydrogen) atoms. The minimum absolute atomic E-state index is 0.0880. The van der Waals surface area contributed by atoms with Gasteiger partial charge in [0.25, 0.3) is 13.4 Å². The summed E-state index contributed by atoms with van der Waals surface area (Å²) >= 11 is 0. The third-order valence-corrected chi connectivity index (χ3v) is 0.457. The van der Waals surface area contributed by atoms with E-state index in [1.165, 1.54) is 13.4 Å². The zero-order chi connectivity index (χ0) is 4.41. The highest BCUT2D eigenvalue weighted by atomic mass is 16.7. The number of hydrogen-bond acceptors (Lipinski definition) is 3. The van der Waals surface area contributed by atoms with Crippen LogP contribution < -0.4 is 5.39 Å². The van der Waals surface area contributed by atoms with Gasteiger partial charge in [-0.2, -0.15) is 5.39 Å². The first-order chi connectivity index (χ1) is 2.89. The van der Waals surface area contributed by atoms with E-state index in [9.17, 15) is 0 Å². The quantitative estimate of drug-likeness (QED) is 0.388. The van der Waals surface area contributed by atoms with Crippen molar-refractivity contribution in [2.75, 3.05) is 0 Å². The fourth-order valence-corrected chi connectivity index (χ4v) is 0.234. The molecule has 0 atom stereocenters. The molecule has 1 aliphatic heterocycles. The Kier molecular flexibility index (Phi) is 0.722. The molecule has 0 unspecified atom stereocenters. The highest BCUT2D eigenvalue weighted by molar-refractivity contribution is 6.39. The minimum atomic E-state index is -0.0880. The van der Waals surface area contributed by atoms with Crippen LogP contribution >= 0.6 is 0 Å². The monoisotopic (exact) mass is 84.0 g/mol. The number of aliphatic hydroxyl groups is 1. The van der Waals surface area contributed by atoms with E-state index in [0.29, 0.717) is 0 Å². The molecular formula is C2H3BNO2. The van der Waals surface area contributed by atoms with Gasteiger partial charge in [0.05, 0.1) is 0 Å². The van der Waals surface area contributed by atoms with E-state index in [0.717, 1.165) is 0 Å². The third-order valence-electron chi connectivity index (χ3n) is 0.457. The standard InChI is InChI=1S/C2H3BNO2/c5-2-1-3-4-6-2/h1,4-5H. The van der Waals surface area contributed by atoms with Gasteiger partial charge in [-0.1, -0.05) is 0 Å². The molecule has 2 N–H and O–H groups in total. The lowest BCUT2D eigenvalue weighted by atomic mass is 9.99. The van der Waals surface area contributed by atoms with Crippen LogP contribution in [0.5, 0.6) is 0 Å². The van der Waals surface area contributed by atoms with E-state index < -0.39 is 0 Å². The van der Waals surface area contributed by atoms with Crippen molar-refractivity contribution in [1.29, 1.82) is 0 Å². The van der Waals surface area contributed by atoms with Gasteiger partial charge in [0, 0.05) is 0 Å². The van der Waals surface area contributed by atoms with Gasteiger partial charge in [-0.05, 0) is 5.98 Å². The normalized spacial score (nSPS) is 18.3. The molecule has 0 bridgehead atoms. The maximum atomic E-state index is 8.27. The fourth-order valence-electron chi connectivity index (χ4n) is 0.234. The maximum absolute atomic E-state index is 8.27. The van der Waals surface area contributed by atoms with Crippen molar-refractivity contribution in [1.82, 2.24) is 5.39 Å². The summed E-state index contributed by atoms with van der Waals surface area (Å²) in [5, 5.41) is 10.6. The van der Waals surface area contributed by atoms with Gasteiger partial charge < -0.3 is 9.94 Å². The summed E-state index contributed by atoms with van der Waals surface area (Å²) in [6.07, 6.45) is 0. The topological polar surface area (TPSA) is 41.5 Å². The molecular weight excluding hydrogens is 80.8 g/mol. The summed E-state index contributed by atoms with van der Waals surface area (Å²) in [6, 6.07) is 0. The molecule has 1 radical (unpaired) electrons. The second kappa shape index (κ2) is 1.22. The van der Waals surface area contributed by atoms with Crippen molar-refractivity contribution in [3.05, 3.63) is 11.9 Å². The zero-order valence-corrected chi connectivity index (χ0v) is 3.01. The Bertz CT molecular complexity index is 81.6. The van der Waals surface area contributed by atoms with E-state index in [4.69, 9.17) is 5.11 Å². The summed E-state index contributed by atoms with van der Waals surface area (Å²) < 4.78 is 0.